The SMILES string of the molecule is CNN1CCOc2c(N)ncnc21. The minimum atomic E-state index is 0.380. The van der Waals surface area contributed by atoms with Crippen LogP contribution in [0.4, 0.5) is 11.6 Å². The van der Waals surface area contributed by atoms with Gasteiger partial charge in [-0.2, -0.15) is 0 Å². The number of nitrogens with two attached hydrogens (primary N) is 1. The summed E-state index contributed by atoms with van der Waals surface area (Å²) in [5.41, 5.74) is 8.62. The molecule has 0 amide bonds. The lowest BCUT2D eigenvalue weighted by molar-refractivity contribution is 0.299. The van der Waals surface area contributed by atoms with E-state index in [1.54, 1.807) is 0 Å². The molecule has 1 aromatic rings. The molecule has 0 aliphatic carbocycles. The van der Waals surface area contributed by atoms with Crippen LogP contribution in [0.3, 0.4) is 0 Å². The second-order valence-electron chi connectivity index (χ2n) is 2.64. The van der Waals surface area contributed by atoms with Gasteiger partial charge in [0.2, 0.25) is 5.75 Å². The fourth-order valence-electron chi connectivity index (χ4n) is 1.27. The van der Waals surface area contributed by atoms with Gasteiger partial charge < -0.3 is 10.5 Å². The zero-order chi connectivity index (χ0) is 9.26. The summed E-state index contributed by atoms with van der Waals surface area (Å²) in [4.78, 5) is 7.93. The minimum absolute atomic E-state index is 0.380. The van der Waals surface area contributed by atoms with Gasteiger partial charge in [0.15, 0.2) is 11.6 Å². The van der Waals surface area contributed by atoms with E-state index in [2.05, 4.69) is 15.4 Å². The number of hydrogen-bond donors (Lipinski definition) is 2. The Morgan fingerprint density at radius 1 is 1.62 bits per heavy atom. The fraction of sp³-hybridized carbons (Fsp3) is 0.429. The second kappa shape index (κ2) is 3.06. The Bertz CT molecular complexity index is 316. The van der Waals surface area contributed by atoms with Crippen LogP contribution in [-0.4, -0.2) is 30.2 Å². The fourth-order valence-corrected chi connectivity index (χ4v) is 1.27. The van der Waals surface area contributed by atoms with Crippen molar-refractivity contribution in [3.8, 4) is 5.75 Å². The van der Waals surface area contributed by atoms with Crippen LogP contribution in [0.1, 0.15) is 0 Å². The van der Waals surface area contributed by atoms with Crippen LogP contribution in [0, 0.1) is 0 Å². The highest BCUT2D eigenvalue weighted by Crippen LogP contribution is 2.31. The summed E-state index contributed by atoms with van der Waals surface area (Å²) in [5, 5.41) is 1.87. The lowest BCUT2D eigenvalue weighted by Gasteiger charge is -2.28. The van der Waals surface area contributed by atoms with Crippen molar-refractivity contribution < 1.29 is 4.74 Å². The molecule has 1 aliphatic rings. The first-order valence-electron chi connectivity index (χ1n) is 4.01. The third kappa shape index (κ3) is 1.25. The van der Waals surface area contributed by atoms with Crippen molar-refractivity contribution in [3.63, 3.8) is 0 Å². The van der Waals surface area contributed by atoms with E-state index in [0.717, 1.165) is 6.54 Å². The summed E-state index contributed by atoms with van der Waals surface area (Å²) < 4.78 is 5.35. The summed E-state index contributed by atoms with van der Waals surface area (Å²) in [6.07, 6.45) is 1.42. The molecule has 0 saturated carbocycles. The van der Waals surface area contributed by atoms with Crippen LogP contribution in [0.2, 0.25) is 0 Å². The van der Waals surface area contributed by atoms with Gasteiger partial charge in [-0.3, -0.25) is 5.01 Å². The van der Waals surface area contributed by atoms with Gasteiger partial charge >= 0.3 is 0 Å². The van der Waals surface area contributed by atoms with Crippen LogP contribution < -0.4 is 20.9 Å². The number of ether oxygens (including phenoxy) is 1. The minimum Gasteiger partial charge on any atom is -0.484 e. The number of anilines is 2. The van der Waals surface area contributed by atoms with Gasteiger partial charge in [-0.25, -0.2) is 15.4 Å². The van der Waals surface area contributed by atoms with Crippen molar-refractivity contribution >= 4 is 11.6 Å². The topological polar surface area (TPSA) is 76.3 Å². The summed E-state index contributed by atoms with van der Waals surface area (Å²) in [5.74, 6) is 1.63. The summed E-state index contributed by atoms with van der Waals surface area (Å²) in [6.45, 7) is 1.34. The van der Waals surface area contributed by atoms with Crippen LogP contribution in [0.15, 0.2) is 6.33 Å². The van der Waals surface area contributed by atoms with Gasteiger partial charge in [0, 0.05) is 7.05 Å². The Morgan fingerprint density at radius 3 is 3.23 bits per heavy atom. The van der Waals surface area contributed by atoms with Gasteiger partial charge in [-0.1, -0.05) is 0 Å². The molecule has 0 atom stereocenters. The molecule has 0 aromatic carbocycles. The van der Waals surface area contributed by atoms with E-state index in [0.29, 0.717) is 24.0 Å². The van der Waals surface area contributed by atoms with E-state index < -0.39 is 0 Å². The number of nitrogens with one attached hydrogen (secondary N) is 1. The van der Waals surface area contributed by atoms with Crippen molar-refractivity contribution in [3.05, 3.63) is 6.33 Å². The third-order valence-electron chi connectivity index (χ3n) is 1.90. The molecule has 0 unspecified atom stereocenters. The molecule has 0 saturated heterocycles. The standard InChI is InChI=1S/C7H11N5O/c1-9-12-2-3-13-5-6(8)10-4-11-7(5)12/h4,9H,2-3H2,1H3,(H2,8,10,11). The Labute approximate surface area is 75.7 Å². The molecule has 0 fully saturated rings. The highest BCUT2D eigenvalue weighted by atomic mass is 16.5. The molecule has 0 bridgehead atoms. The predicted molar refractivity (Wildman–Crippen MR) is 48.3 cm³/mol. The van der Waals surface area contributed by atoms with Crippen LogP contribution in [0.5, 0.6) is 5.75 Å². The Hall–Kier alpha value is -1.56. The maximum Gasteiger partial charge on any atom is 0.205 e. The molecular formula is C7H11N5O. The maximum absolute atomic E-state index is 5.63. The van der Waals surface area contributed by atoms with Gasteiger partial charge in [-0.15, -0.1) is 0 Å². The lowest BCUT2D eigenvalue weighted by atomic mass is 10.4. The van der Waals surface area contributed by atoms with E-state index in [-0.39, 0.29) is 0 Å². The highest BCUT2D eigenvalue weighted by molar-refractivity contribution is 5.63. The summed E-state index contributed by atoms with van der Waals surface area (Å²) in [6, 6.07) is 0. The first-order chi connectivity index (χ1) is 6.33. The van der Waals surface area contributed by atoms with Gasteiger partial charge in [-0.05, 0) is 0 Å². The van der Waals surface area contributed by atoms with Gasteiger partial charge in [0.25, 0.3) is 0 Å². The van der Waals surface area contributed by atoms with E-state index in [4.69, 9.17) is 10.5 Å². The number of nitrogens with zero attached hydrogens (tertiary/aromatic N) is 3. The molecule has 1 aromatic heterocycles. The monoisotopic (exact) mass is 181 g/mol. The lowest BCUT2D eigenvalue weighted by Crippen LogP contribution is -2.42. The molecule has 13 heavy (non-hydrogen) atoms. The smallest absolute Gasteiger partial charge is 0.205 e. The average Bonchev–Trinajstić information content (AvgIpc) is 2.18. The Morgan fingerprint density at radius 2 is 2.46 bits per heavy atom. The molecule has 6 heteroatoms. The van der Waals surface area contributed by atoms with E-state index >= 15 is 0 Å². The quantitative estimate of drug-likeness (QED) is 0.602. The highest BCUT2D eigenvalue weighted by Gasteiger charge is 2.20. The van der Waals surface area contributed by atoms with Crippen molar-refractivity contribution in [2.24, 2.45) is 0 Å². The first kappa shape index (κ1) is 8.06. The predicted octanol–water partition coefficient (Wildman–Crippen LogP) is -0.608. The first-order valence-corrected chi connectivity index (χ1v) is 4.01. The number of rotatable bonds is 1. The molecular weight excluding hydrogens is 170 g/mol. The van der Waals surface area contributed by atoms with Crippen molar-refractivity contribution in [2.75, 3.05) is 30.9 Å². The Balaban J connectivity index is 2.45. The molecule has 3 N–H and O–H groups in total. The molecule has 0 spiro atoms. The van der Waals surface area contributed by atoms with Crippen molar-refractivity contribution in [1.82, 2.24) is 15.4 Å². The maximum atomic E-state index is 5.63. The third-order valence-corrected chi connectivity index (χ3v) is 1.90. The van der Waals surface area contributed by atoms with Crippen LogP contribution in [0.25, 0.3) is 0 Å². The van der Waals surface area contributed by atoms with E-state index in [1.807, 2.05) is 12.1 Å². The number of aromatic nitrogens is 2. The average molecular weight is 181 g/mol. The molecule has 70 valence electrons. The molecule has 2 heterocycles. The molecule has 6 nitrogen and oxygen atoms in total. The molecule has 0 radical (unpaired) electrons. The number of fused-ring (bicyclic) bond motifs is 1. The summed E-state index contributed by atoms with van der Waals surface area (Å²) in [7, 11) is 1.83. The zero-order valence-electron chi connectivity index (χ0n) is 7.32. The van der Waals surface area contributed by atoms with Crippen molar-refractivity contribution in [1.29, 1.82) is 0 Å². The van der Waals surface area contributed by atoms with Crippen LogP contribution in [-0.2, 0) is 0 Å². The van der Waals surface area contributed by atoms with E-state index in [9.17, 15) is 0 Å². The number of hydrogen-bond acceptors (Lipinski definition) is 6. The van der Waals surface area contributed by atoms with E-state index in [1.165, 1.54) is 6.33 Å². The zero-order valence-corrected chi connectivity index (χ0v) is 7.32. The van der Waals surface area contributed by atoms with Gasteiger partial charge in [0.05, 0.1) is 6.54 Å². The molecule has 2 rings (SSSR count). The normalized spacial score (nSPS) is 15.0. The van der Waals surface area contributed by atoms with Crippen LogP contribution >= 0.6 is 0 Å². The largest absolute Gasteiger partial charge is 0.484 e. The van der Waals surface area contributed by atoms with Gasteiger partial charge in [0.1, 0.15) is 12.9 Å². The summed E-state index contributed by atoms with van der Waals surface area (Å²) >= 11 is 0. The number of nitrogen functional groups attached to an aromatic ring is 1. The van der Waals surface area contributed by atoms with Crippen molar-refractivity contribution in [2.45, 2.75) is 0 Å². The Kier molecular flexibility index (Phi) is 1.90. The number of hydrazine groups is 1. The second-order valence-corrected chi connectivity index (χ2v) is 2.64. The molecule has 1 aliphatic heterocycles.